The summed E-state index contributed by atoms with van der Waals surface area (Å²) >= 11 is 1.13. The first kappa shape index (κ1) is 22.5. The van der Waals surface area contributed by atoms with E-state index in [1.54, 1.807) is 38.1 Å². The average Bonchev–Trinajstić information content (AvgIpc) is 3.11. The van der Waals surface area contributed by atoms with Gasteiger partial charge in [-0.15, -0.1) is 11.3 Å². The van der Waals surface area contributed by atoms with Crippen molar-refractivity contribution in [1.82, 2.24) is 9.55 Å². The maximum Gasteiger partial charge on any atom is 0.328 e. The molecule has 1 atom stereocenters. The molecule has 0 radical (unpaired) electrons. The number of thiophene rings is 1. The number of unbranched alkanes of at least 4 members (excludes halogenated alkanes) is 1. The molecule has 3 aromatic rings. The molecule has 0 aliphatic rings. The van der Waals surface area contributed by atoms with E-state index in [4.69, 9.17) is 9.47 Å². The SMILES string of the molecule is CCCCOC(=O)C(C)n1cnc2sc(C(=O)Nc3ccccc3OC)c(C)c2c1=O. The van der Waals surface area contributed by atoms with Gasteiger partial charge in [-0.3, -0.25) is 14.2 Å². The molecule has 1 unspecified atom stereocenters. The van der Waals surface area contributed by atoms with E-state index in [2.05, 4.69) is 10.3 Å². The molecule has 0 saturated heterocycles. The Kier molecular flexibility index (Phi) is 7.06. The van der Waals surface area contributed by atoms with Gasteiger partial charge in [0.15, 0.2) is 0 Å². The number of amides is 1. The number of nitrogens with one attached hydrogen (secondary N) is 1. The van der Waals surface area contributed by atoms with E-state index in [9.17, 15) is 14.4 Å². The van der Waals surface area contributed by atoms with Gasteiger partial charge in [0.05, 0.1) is 36.0 Å². The van der Waals surface area contributed by atoms with Gasteiger partial charge in [0, 0.05) is 0 Å². The Morgan fingerprint density at radius 1 is 1.29 bits per heavy atom. The Balaban J connectivity index is 1.92. The van der Waals surface area contributed by atoms with Crippen LogP contribution in [0.3, 0.4) is 0 Å². The number of aryl methyl sites for hydroxylation is 1. The fourth-order valence-corrected chi connectivity index (χ4v) is 4.14. The average molecular weight is 444 g/mol. The van der Waals surface area contributed by atoms with Gasteiger partial charge in [-0.1, -0.05) is 25.5 Å². The number of methoxy groups -OCH3 is 1. The van der Waals surface area contributed by atoms with Crippen molar-refractivity contribution in [3.8, 4) is 5.75 Å². The number of fused-ring (bicyclic) bond motifs is 1. The third kappa shape index (κ3) is 4.61. The fourth-order valence-electron chi connectivity index (χ4n) is 3.11. The zero-order chi connectivity index (χ0) is 22.5. The molecule has 0 aliphatic carbocycles. The molecule has 0 bridgehead atoms. The van der Waals surface area contributed by atoms with Crippen molar-refractivity contribution in [3.63, 3.8) is 0 Å². The maximum absolute atomic E-state index is 13.1. The molecule has 31 heavy (non-hydrogen) atoms. The van der Waals surface area contributed by atoms with Crippen LogP contribution in [0.25, 0.3) is 10.2 Å². The molecule has 1 N–H and O–H groups in total. The number of rotatable bonds is 8. The van der Waals surface area contributed by atoms with Gasteiger partial charge in [0.2, 0.25) is 0 Å². The molecule has 0 aliphatic heterocycles. The lowest BCUT2D eigenvalue weighted by Gasteiger charge is -2.14. The highest BCUT2D eigenvalue weighted by Gasteiger charge is 2.24. The third-order valence-corrected chi connectivity index (χ3v) is 6.14. The van der Waals surface area contributed by atoms with Gasteiger partial charge in [0.25, 0.3) is 11.5 Å². The highest BCUT2D eigenvalue weighted by Crippen LogP contribution is 2.30. The summed E-state index contributed by atoms with van der Waals surface area (Å²) in [5.41, 5.74) is 0.668. The predicted octanol–water partition coefficient (Wildman–Crippen LogP) is 3.93. The van der Waals surface area contributed by atoms with Gasteiger partial charge in [-0.05, 0) is 38.0 Å². The van der Waals surface area contributed by atoms with Crippen molar-refractivity contribution in [1.29, 1.82) is 0 Å². The Labute approximate surface area is 183 Å². The van der Waals surface area contributed by atoms with Crippen LogP contribution in [0.1, 0.15) is 48.0 Å². The molecule has 0 spiro atoms. The lowest BCUT2D eigenvalue weighted by molar-refractivity contribution is -0.147. The Morgan fingerprint density at radius 3 is 2.74 bits per heavy atom. The quantitative estimate of drug-likeness (QED) is 0.418. The van der Waals surface area contributed by atoms with Gasteiger partial charge in [0.1, 0.15) is 16.6 Å². The largest absolute Gasteiger partial charge is 0.495 e. The first-order valence-corrected chi connectivity index (χ1v) is 10.8. The van der Waals surface area contributed by atoms with Gasteiger partial charge >= 0.3 is 5.97 Å². The lowest BCUT2D eigenvalue weighted by atomic mass is 10.2. The predicted molar refractivity (Wildman–Crippen MR) is 120 cm³/mol. The summed E-state index contributed by atoms with van der Waals surface area (Å²) in [6.45, 7) is 5.61. The summed E-state index contributed by atoms with van der Waals surface area (Å²) in [6, 6.07) is 6.26. The Hall–Kier alpha value is -3.20. The van der Waals surface area contributed by atoms with Crippen LogP contribution < -0.4 is 15.6 Å². The Morgan fingerprint density at radius 2 is 2.03 bits per heavy atom. The number of aromatic nitrogens is 2. The van der Waals surface area contributed by atoms with Crippen molar-refractivity contribution in [2.75, 3.05) is 19.0 Å². The van der Waals surface area contributed by atoms with Crippen LogP contribution in [-0.2, 0) is 9.53 Å². The van der Waals surface area contributed by atoms with Gasteiger partial charge in [-0.2, -0.15) is 0 Å². The number of benzene rings is 1. The smallest absolute Gasteiger partial charge is 0.328 e. The van der Waals surface area contributed by atoms with Crippen LogP contribution in [0.2, 0.25) is 0 Å². The van der Waals surface area contributed by atoms with Crippen molar-refractivity contribution < 1.29 is 19.1 Å². The summed E-state index contributed by atoms with van der Waals surface area (Å²) < 4.78 is 11.7. The minimum atomic E-state index is -0.814. The molecule has 0 saturated carbocycles. The van der Waals surface area contributed by atoms with Crippen LogP contribution in [0.4, 0.5) is 5.69 Å². The molecule has 3 rings (SSSR count). The lowest BCUT2D eigenvalue weighted by Crippen LogP contribution is -2.29. The molecule has 0 fully saturated rings. The minimum absolute atomic E-state index is 0.314. The topological polar surface area (TPSA) is 99.5 Å². The van der Waals surface area contributed by atoms with E-state index >= 15 is 0 Å². The fraction of sp³-hybridized carbons (Fsp3) is 0.364. The van der Waals surface area contributed by atoms with E-state index in [1.165, 1.54) is 18.0 Å². The number of nitrogens with zero attached hydrogens (tertiary/aromatic N) is 2. The number of hydrogen-bond acceptors (Lipinski definition) is 7. The maximum atomic E-state index is 13.1. The number of anilines is 1. The van der Waals surface area contributed by atoms with E-state index in [1.807, 2.05) is 6.92 Å². The van der Waals surface area contributed by atoms with Crippen molar-refractivity contribution in [3.05, 3.63) is 51.4 Å². The summed E-state index contributed by atoms with van der Waals surface area (Å²) in [7, 11) is 1.52. The number of carbonyl (C=O) groups excluding carboxylic acids is 2. The van der Waals surface area contributed by atoms with Crippen LogP contribution in [-0.4, -0.2) is 35.1 Å². The molecule has 164 valence electrons. The number of esters is 1. The highest BCUT2D eigenvalue weighted by molar-refractivity contribution is 7.20. The molecule has 1 aromatic carbocycles. The van der Waals surface area contributed by atoms with Crippen molar-refractivity contribution in [2.45, 2.75) is 39.7 Å². The highest BCUT2D eigenvalue weighted by atomic mass is 32.1. The standard InChI is InChI=1S/C22H25N3O5S/c1-5-6-11-30-22(28)14(3)25-12-23-20-17(21(25)27)13(2)18(31-20)19(26)24-15-9-7-8-10-16(15)29-4/h7-10,12,14H,5-6,11H2,1-4H3,(H,24,26). The van der Waals surface area contributed by atoms with E-state index < -0.39 is 12.0 Å². The van der Waals surface area contributed by atoms with Crippen LogP contribution in [0, 0.1) is 6.92 Å². The second-order valence-corrected chi connectivity index (χ2v) is 8.04. The molecular formula is C22H25N3O5S. The molecule has 8 nitrogen and oxygen atoms in total. The zero-order valence-corrected chi connectivity index (χ0v) is 18.7. The summed E-state index contributed by atoms with van der Waals surface area (Å²) in [5, 5.41) is 3.14. The number of carbonyl (C=O) groups is 2. The van der Waals surface area contributed by atoms with Gasteiger partial charge < -0.3 is 14.8 Å². The molecular weight excluding hydrogens is 418 g/mol. The number of ether oxygens (including phenoxy) is 2. The molecule has 2 heterocycles. The summed E-state index contributed by atoms with van der Waals surface area (Å²) in [6.07, 6.45) is 3.00. The minimum Gasteiger partial charge on any atom is -0.495 e. The first-order valence-electron chi connectivity index (χ1n) is 10.00. The normalized spacial score (nSPS) is 11.9. The van der Waals surface area contributed by atoms with Crippen LogP contribution in [0.15, 0.2) is 35.4 Å². The molecule has 1 amide bonds. The summed E-state index contributed by atoms with van der Waals surface area (Å²) in [4.78, 5) is 43.4. The van der Waals surface area contributed by atoms with E-state index in [0.29, 0.717) is 38.7 Å². The first-order chi connectivity index (χ1) is 14.9. The Bertz CT molecular complexity index is 1170. The second kappa shape index (κ2) is 9.74. The molecule has 9 heteroatoms. The number of hydrogen-bond donors (Lipinski definition) is 1. The van der Waals surface area contributed by atoms with Crippen LogP contribution >= 0.6 is 11.3 Å². The monoisotopic (exact) mass is 443 g/mol. The van der Waals surface area contributed by atoms with Gasteiger partial charge in [-0.25, -0.2) is 9.78 Å². The zero-order valence-electron chi connectivity index (χ0n) is 17.9. The third-order valence-electron chi connectivity index (χ3n) is 4.94. The molecule has 2 aromatic heterocycles. The van der Waals surface area contributed by atoms with Crippen LogP contribution in [0.5, 0.6) is 5.75 Å². The second-order valence-electron chi connectivity index (χ2n) is 7.04. The summed E-state index contributed by atoms with van der Waals surface area (Å²) in [5.74, 6) is -0.313. The van der Waals surface area contributed by atoms with Crippen molar-refractivity contribution >= 4 is 39.1 Å². The number of para-hydroxylation sites is 2. The van der Waals surface area contributed by atoms with E-state index in [0.717, 1.165) is 24.2 Å². The van der Waals surface area contributed by atoms with E-state index in [-0.39, 0.29) is 11.5 Å². The van der Waals surface area contributed by atoms with Crippen molar-refractivity contribution in [2.24, 2.45) is 0 Å².